The zero-order valence-corrected chi connectivity index (χ0v) is 15.8. The van der Waals surface area contributed by atoms with Crippen molar-refractivity contribution < 1.29 is 34.1 Å². The van der Waals surface area contributed by atoms with Crippen molar-refractivity contribution in [2.45, 2.75) is 12.5 Å². The zero-order valence-electron chi connectivity index (χ0n) is 14.2. The minimum Gasteiger partial charge on any atom is -0.478 e. The van der Waals surface area contributed by atoms with Crippen molar-refractivity contribution in [2.75, 3.05) is 0 Å². The Morgan fingerprint density at radius 3 is 2.36 bits per heavy atom. The van der Waals surface area contributed by atoms with Crippen molar-refractivity contribution in [3.05, 3.63) is 56.9 Å². The predicted octanol–water partition coefficient (Wildman–Crippen LogP) is 3.04. The lowest BCUT2D eigenvalue weighted by molar-refractivity contribution is -0.191. The largest absolute Gasteiger partial charge is 0.478 e. The predicted molar refractivity (Wildman–Crippen MR) is 99.8 cm³/mol. The Hall–Kier alpha value is -3.17. The van der Waals surface area contributed by atoms with Gasteiger partial charge in [-0.2, -0.15) is 0 Å². The molecule has 0 aliphatic carbocycles. The highest BCUT2D eigenvalue weighted by atomic mass is 35.5. The maximum atomic E-state index is 13.0. The number of benzene rings is 1. The molecule has 0 bridgehead atoms. The molecule has 0 amide bonds. The van der Waals surface area contributed by atoms with E-state index in [4.69, 9.17) is 16.3 Å². The monoisotopic (exact) mass is 421 g/mol. The number of thiophene rings is 1. The first kappa shape index (κ1) is 19.6. The molecule has 0 saturated heterocycles. The van der Waals surface area contributed by atoms with Gasteiger partial charge in [-0.15, -0.1) is 11.3 Å². The van der Waals surface area contributed by atoms with E-state index in [1.807, 2.05) is 0 Å². The van der Waals surface area contributed by atoms with Crippen molar-refractivity contribution in [3.63, 3.8) is 0 Å². The molecule has 10 heteroatoms. The fourth-order valence-corrected chi connectivity index (χ4v) is 3.74. The number of carbonyl (C=O) groups is 4. The molecule has 8 nitrogen and oxygen atoms in total. The Balaban J connectivity index is 2.44. The second kappa shape index (κ2) is 7.10. The normalized spacial score (nSPS) is 11.4. The Bertz CT molecular complexity index is 1100. The molecule has 0 fully saturated rings. The summed E-state index contributed by atoms with van der Waals surface area (Å²) in [5.74, 6) is -5.68. The zero-order chi connectivity index (χ0) is 20.6. The van der Waals surface area contributed by atoms with Crippen LogP contribution in [0.3, 0.4) is 0 Å². The van der Waals surface area contributed by atoms with Gasteiger partial charge in [0.15, 0.2) is 0 Å². The maximum absolute atomic E-state index is 13.0. The number of fused-ring (bicyclic) bond motifs is 1. The van der Waals surface area contributed by atoms with Crippen molar-refractivity contribution in [3.8, 4) is 0 Å². The number of hydrogen-bond acceptors (Lipinski definition) is 6. The third kappa shape index (κ3) is 3.04. The van der Waals surface area contributed by atoms with Gasteiger partial charge in [-0.25, -0.2) is 9.59 Å². The smallest absolute Gasteiger partial charge is 0.365 e. The number of halogens is 1. The Kier molecular flexibility index (Phi) is 4.97. The van der Waals surface area contributed by atoms with Gasteiger partial charge in [-0.3, -0.25) is 9.59 Å². The van der Waals surface area contributed by atoms with E-state index in [2.05, 4.69) is 4.98 Å². The van der Waals surface area contributed by atoms with Gasteiger partial charge in [0.1, 0.15) is 0 Å². The number of rotatable bonds is 6. The molecule has 28 heavy (non-hydrogen) atoms. The number of aromatic amines is 1. The third-order valence-corrected chi connectivity index (χ3v) is 5.09. The molecule has 2 aromatic heterocycles. The van der Waals surface area contributed by atoms with Gasteiger partial charge < -0.3 is 19.9 Å². The molecular weight excluding hydrogens is 410 g/mol. The first-order chi connectivity index (χ1) is 13.2. The number of hydrogen-bond donors (Lipinski definition) is 3. The van der Waals surface area contributed by atoms with Crippen molar-refractivity contribution in [2.24, 2.45) is 0 Å². The first-order valence-corrected chi connectivity index (χ1v) is 9.00. The highest BCUT2D eigenvalue weighted by molar-refractivity contribution is 7.12. The molecule has 3 rings (SSSR count). The van der Waals surface area contributed by atoms with Crippen LogP contribution in [-0.2, 0) is 24.7 Å². The van der Waals surface area contributed by atoms with Crippen molar-refractivity contribution >= 4 is 57.5 Å². The summed E-state index contributed by atoms with van der Waals surface area (Å²) in [6.07, 6.45) is 0. The van der Waals surface area contributed by atoms with Crippen LogP contribution >= 0.6 is 22.9 Å². The highest BCUT2D eigenvalue weighted by Crippen LogP contribution is 2.38. The molecule has 0 radical (unpaired) electrons. The van der Waals surface area contributed by atoms with E-state index < -0.39 is 34.9 Å². The van der Waals surface area contributed by atoms with Crippen molar-refractivity contribution in [1.29, 1.82) is 0 Å². The van der Waals surface area contributed by atoms with Crippen LogP contribution in [0, 0.1) is 0 Å². The number of nitrogens with one attached hydrogen (secondary N) is 1. The number of esters is 1. The molecule has 2 heterocycles. The molecule has 144 valence electrons. The van der Waals surface area contributed by atoms with Crippen LogP contribution < -0.4 is 0 Å². The van der Waals surface area contributed by atoms with E-state index in [0.29, 0.717) is 0 Å². The highest BCUT2D eigenvalue weighted by Gasteiger charge is 2.56. The maximum Gasteiger partial charge on any atom is 0.365 e. The number of carboxylic acids is 2. The average molecular weight is 422 g/mol. The van der Waals surface area contributed by atoms with Crippen LogP contribution in [0.25, 0.3) is 10.9 Å². The Labute approximate surface area is 166 Å². The molecule has 0 unspecified atom stereocenters. The number of H-pyrrole nitrogens is 1. The summed E-state index contributed by atoms with van der Waals surface area (Å²) in [6, 6.07) is 7.30. The summed E-state index contributed by atoms with van der Waals surface area (Å²) in [4.78, 5) is 51.7. The van der Waals surface area contributed by atoms with E-state index in [1.54, 1.807) is 11.4 Å². The summed E-state index contributed by atoms with van der Waals surface area (Å²) in [5, 5.41) is 21.5. The van der Waals surface area contributed by atoms with Gasteiger partial charge >= 0.3 is 23.5 Å². The summed E-state index contributed by atoms with van der Waals surface area (Å²) >= 11 is 7.05. The van der Waals surface area contributed by atoms with Crippen LogP contribution in [0.4, 0.5) is 0 Å². The first-order valence-electron chi connectivity index (χ1n) is 7.74. The lowest BCUT2D eigenvalue weighted by Gasteiger charge is -2.25. The number of aliphatic carboxylic acids is 2. The molecule has 3 N–H and O–H groups in total. The molecule has 0 spiro atoms. The molecule has 0 aliphatic heterocycles. The molecule has 0 aliphatic rings. The third-order valence-electron chi connectivity index (χ3n) is 3.98. The molecule has 0 atom stereocenters. The second-order valence-corrected chi connectivity index (χ2v) is 7.14. The molecule has 0 saturated carbocycles. The minimum absolute atomic E-state index is 0.0790. The lowest BCUT2D eigenvalue weighted by atomic mass is 9.89. The van der Waals surface area contributed by atoms with E-state index >= 15 is 0 Å². The Morgan fingerprint density at radius 2 is 1.82 bits per heavy atom. The SMILES string of the molecule is CC(=O)OC(C(=O)O)(C(=O)O)c1c(C(=O)c2cccs2)[nH]c2cc(Cl)ccc12. The molecule has 1 aromatic carbocycles. The van der Waals surface area contributed by atoms with Gasteiger partial charge in [0, 0.05) is 22.8 Å². The second-order valence-electron chi connectivity index (χ2n) is 5.76. The topological polar surface area (TPSA) is 134 Å². The van der Waals surface area contributed by atoms with Gasteiger partial charge in [0.05, 0.1) is 16.1 Å². The summed E-state index contributed by atoms with van der Waals surface area (Å²) in [7, 11) is 0. The fraction of sp³-hybridized carbons (Fsp3) is 0.111. The number of ether oxygens (including phenoxy) is 1. The van der Waals surface area contributed by atoms with Crippen LogP contribution in [0.2, 0.25) is 5.02 Å². The minimum atomic E-state index is -3.12. The number of ketones is 1. The van der Waals surface area contributed by atoms with Crippen LogP contribution in [-0.4, -0.2) is 38.9 Å². The van der Waals surface area contributed by atoms with Crippen molar-refractivity contribution in [1.82, 2.24) is 4.98 Å². The van der Waals surface area contributed by atoms with Gasteiger partial charge in [-0.1, -0.05) is 23.7 Å². The van der Waals surface area contributed by atoms with E-state index in [9.17, 15) is 29.4 Å². The van der Waals surface area contributed by atoms with Gasteiger partial charge in [0.2, 0.25) is 5.78 Å². The van der Waals surface area contributed by atoms with Crippen LogP contribution in [0.1, 0.15) is 27.9 Å². The van der Waals surface area contributed by atoms with E-state index in [0.717, 1.165) is 18.3 Å². The quantitative estimate of drug-likeness (QED) is 0.316. The average Bonchev–Trinajstić information content (AvgIpc) is 3.26. The molecular formula is C18H12ClNO7S. The lowest BCUT2D eigenvalue weighted by Crippen LogP contribution is -2.48. The van der Waals surface area contributed by atoms with Crippen LogP contribution in [0.15, 0.2) is 35.7 Å². The van der Waals surface area contributed by atoms with E-state index in [-0.39, 0.29) is 26.5 Å². The van der Waals surface area contributed by atoms with Gasteiger partial charge in [-0.05, 0) is 23.6 Å². The standard InChI is InChI=1S/C18H12ClNO7S/c1-8(21)27-18(16(23)24,17(25)26)13-10-5-4-9(19)7-11(10)20-14(13)15(22)12-3-2-6-28-12/h2-7,20H,1H3,(H,23,24)(H,25,26). The molecule has 3 aromatic rings. The van der Waals surface area contributed by atoms with E-state index in [1.165, 1.54) is 24.3 Å². The van der Waals surface area contributed by atoms with Gasteiger partial charge in [0.25, 0.3) is 0 Å². The fourth-order valence-electron chi connectivity index (χ4n) is 2.90. The Morgan fingerprint density at radius 1 is 1.14 bits per heavy atom. The summed E-state index contributed by atoms with van der Waals surface area (Å²) in [6.45, 7) is 0.882. The number of carboxylic acid groups (broad SMARTS) is 2. The summed E-state index contributed by atoms with van der Waals surface area (Å²) in [5.41, 5.74) is -3.69. The number of carbonyl (C=O) groups excluding carboxylic acids is 2. The summed E-state index contributed by atoms with van der Waals surface area (Å²) < 4.78 is 4.81. The van der Waals surface area contributed by atoms with Crippen LogP contribution in [0.5, 0.6) is 0 Å². The number of aromatic nitrogens is 1.